The number of aromatic nitrogens is 1. The highest BCUT2D eigenvalue weighted by atomic mass is 19.1. The molecule has 178 valence electrons. The zero-order valence-electron chi connectivity index (χ0n) is 19.4. The number of hydrogen-bond acceptors (Lipinski definition) is 4. The van der Waals surface area contributed by atoms with Crippen molar-refractivity contribution in [2.45, 2.75) is 27.3 Å². The minimum absolute atomic E-state index is 0.0119. The number of rotatable bonds is 4. The van der Waals surface area contributed by atoms with Crippen molar-refractivity contribution in [2.24, 2.45) is 0 Å². The van der Waals surface area contributed by atoms with Crippen LogP contribution in [0.15, 0.2) is 18.2 Å². The summed E-state index contributed by atoms with van der Waals surface area (Å²) in [4.78, 5) is 31.0. The van der Waals surface area contributed by atoms with Crippen molar-refractivity contribution in [1.82, 2.24) is 14.4 Å². The molecule has 3 heterocycles. The number of morpholine rings is 1. The van der Waals surface area contributed by atoms with Crippen LogP contribution in [0, 0.1) is 25.5 Å². The van der Waals surface area contributed by atoms with E-state index in [1.54, 1.807) is 14.4 Å². The Morgan fingerprint density at radius 1 is 0.939 bits per heavy atom. The van der Waals surface area contributed by atoms with Crippen LogP contribution in [0.1, 0.15) is 34.2 Å². The van der Waals surface area contributed by atoms with Gasteiger partial charge in [-0.25, -0.2) is 8.78 Å². The van der Waals surface area contributed by atoms with E-state index < -0.39 is 11.6 Å². The maximum absolute atomic E-state index is 14.5. The molecule has 0 radical (unpaired) electrons. The Morgan fingerprint density at radius 2 is 1.52 bits per heavy atom. The van der Waals surface area contributed by atoms with E-state index in [1.807, 2.05) is 13.8 Å². The Hall–Kier alpha value is -2.94. The number of carbonyl (C=O) groups is 2. The molecule has 0 N–H and O–H groups in total. The Kier molecular flexibility index (Phi) is 6.69. The standard InChI is InChI=1S/C24H30F2N4O3/c1-16-22(28-11-13-33-14-12-28)17(2)30(15-19-20(25)5-4-6-21(19)26)23(16)24(32)29-9-7-27(8-10-29)18(3)31/h4-6H,7-15H2,1-3H3. The number of hydrogen-bond donors (Lipinski definition) is 0. The number of anilines is 1. The second-order valence-corrected chi connectivity index (χ2v) is 8.59. The lowest BCUT2D eigenvalue weighted by atomic mass is 10.1. The zero-order valence-corrected chi connectivity index (χ0v) is 19.4. The summed E-state index contributed by atoms with van der Waals surface area (Å²) in [5, 5.41) is 0. The van der Waals surface area contributed by atoms with Gasteiger partial charge in [-0.05, 0) is 26.0 Å². The number of ether oxygens (including phenoxy) is 1. The highest BCUT2D eigenvalue weighted by Crippen LogP contribution is 2.33. The molecule has 2 aliphatic rings. The van der Waals surface area contributed by atoms with Crippen LogP contribution in [0.25, 0.3) is 0 Å². The van der Waals surface area contributed by atoms with Crippen LogP contribution in [0.3, 0.4) is 0 Å². The smallest absolute Gasteiger partial charge is 0.270 e. The van der Waals surface area contributed by atoms with Gasteiger partial charge in [0.05, 0.1) is 25.4 Å². The van der Waals surface area contributed by atoms with Crippen molar-refractivity contribution in [3.8, 4) is 0 Å². The van der Waals surface area contributed by atoms with Gasteiger partial charge in [0.2, 0.25) is 5.91 Å². The van der Waals surface area contributed by atoms with E-state index >= 15 is 0 Å². The molecule has 2 aliphatic heterocycles. The summed E-state index contributed by atoms with van der Waals surface area (Å²) in [6.07, 6.45) is 0. The van der Waals surface area contributed by atoms with Gasteiger partial charge < -0.3 is 24.0 Å². The van der Waals surface area contributed by atoms with E-state index in [4.69, 9.17) is 4.74 Å². The minimum atomic E-state index is -0.637. The fourth-order valence-electron chi connectivity index (χ4n) is 4.82. The molecule has 0 saturated carbocycles. The van der Waals surface area contributed by atoms with Crippen LogP contribution >= 0.6 is 0 Å². The van der Waals surface area contributed by atoms with Crippen molar-refractivity contribution >= 4 is 17.5 Å². The van der Waals surface area contributed by atoms with Gasteiger partial charge in [0.1, 0.15) is 17.3 Å². The van der Waals surface area contributed by atoms with Crippen LogP contribution in [0.4, 0.5) is 14.5 Å². The van der Waals surface area contributed by atoms with Crippen molar-refractivity contribution in [3.05, 3.63) is 52.3 Å². The maximum atomic E-state index is 14.5. The third-order valence-corrected chi connectivity index (χ3v) is 6.65. The van der Waals surface area contributed by atoms with Crippen LogP contribution in [-0.4, -0.2) is 78.7 Å². The SMILES string of the molecule is CC(=O)N1CCN(C(=O)c2c(C)c(N3CCOCC3)c(C)n2Cc2c(F)cccc2F)CC1. The molecule has 7 nitrogen and oxygen atoms in total. The second kappa shape index (κ2) is 9.51. The molecule has 1 aromatic heterocycles. The number of amides is 2. The van der Waals surface area contributed by atoms with E-state index in [2.05, 4.69) is 4.90 Å². The van der Waals surface area contributed by atoms with Gasteiger partial charge in [0.25, 0.3) is 5.91 Å². The maximum Gasteiger partial charge on any atom is 0.270 e. The van der Waals surface area contributed by atoms with E-state index in [0.717, 1.165) is 16.9 Å². The second-order valence-electron chi connectivity index (χ2n) is 8.59. The molecule has 4 rings (SSSR count). The normalized spacial score (nSPS) is 16.9. The lowest BCUT2D eigenvalue weighted by molar-refractivity contribution is -0.130. The largest absolute Gasteiger partial charge is 0.378 e. The van der Waals surface area contributed by atoms with Gasteiger partial charge in [-0.1, -0.05) is 6.07 Å². The Labute approximate surface area is 192 Å². The quantitative estimate of drug-likeness (QED) is 0.704. The average Bonchev–Trinajstić information content (AvgIpc) is 3.05. The van der Waals surface area contributed by atoms with Gasteiger partial charge >= 0.3 is 0 Å². The summed E-state index contributed by atoms with van der Waals surface area (Å²) in [5.41, 5.74) is 2.88. The molecule has 0 spiro atoms. The number of benzene rings is 1. The summed E-state index contributed by atoms with van der Waals surface area (Å²) in [7, 11) is 0. The van der Waals surface area contributed by atoms with Gasteiger partial charge in [-0.3, -0.25) is 9.59 Å². The van der Waals surface area contributed by atoms with Gasteiger partial charge in [0.15, 0.2) is 0 Å². The molecule has 0 aliphatic carbocycles. The predicted molar refractivity (Wildman–Crippen MR) is 121 cm³/mol. The van der Waals surface area contributed by atoms with Crippen molar-refractivity contribution in [2.75, 3.05) is 57.4 Å². The molecule has 2 saturated heterocycles. The minimum Gasteiger partial charge on any atom is -0.378 e. The highest BCUT2D eigenvalue weighted by molar-refractivity contribution is 5.97. The van der Waals surface area contributed by atoms with Crippen LogP contribution < -0.4 is 4.90 Å². The lowest BCUT2D eigenvalue weighted by Crippen LogP contribution is -2.50. The molecule has 2 aromatic rings. The first kappa shape index (κ1) is 23.2. The van der Waals surface area contributed by atoms with Crippen LogP contribution in [0.5, 0.6) is 0 Å². The van der Waals surface area contributed by atoms with Crippen LogP contribution in [-0.2, 0) is 16.1 Å². The Bertz CT molecular complexity index is 1030. The Balaban J connectivity index is 1.74. The van der Waals surface area contributed by atoms with Gasteiger partial charge in [0, 0.05) is 63.0 Å². The van der Waals surface area contributed by atoms with Crippen molar-refractivity contribution < 1.29 is 23.1 Å². The molecule has 1 aromatic carbocycles. The summed E-state index contributed by atoms with van der Waals surface area (Å²) >= 11 is 0. The summed E-state index contributed by atoms with van der Waals surface area (Å²) in [6, 6.07) is 3.80. The summed E-state index contributed by atoms with van der Waals surface area (Å²) < 4.78 is 36.3. The molecule has 33 heavy (non-hydrogen) atoms. The summed E-state index contributed by atoms with van der Waals surface area (Å²) in [6.45, 7) is 9.55. The van der Waals surface area contributed by atoms with E-state index in [9.17, 15) is 18.4 Å². The molecule has 0 atom stereocenters. The monoisotopic (exact) mass is 460 g/mol. The summed E-state index contributed by atoms with van der Waals surface area (Å²) in [5.74, 6) is -1.47. The average molecular weight is 461 g/mol. The van der Waals surface area contributed by atoms with Crippen molar-refractivity contribution in [1.29, 1.82) is 0 Å². The van der Waals surface area contributed by atoms with E-state index in [1.165, 1.54) is 25.1 Å². The van der Waals surface area contributed by atoms with Crippen molar-refractivity contribution in [3.63, 3.8) is 0 Å². The van der Waals surface area contributed by atoms with E-state index in [0.29, 0.717) is 58.2 Å². The topological polar surface area (TPSA) is 58.0 Å². The predicted octanol–water partition coefficient (Wildman–Crippen LogP) is 2.57. The lowest BCUT2D eigenvalue weighted by Gasteiger charge is -2.34. The zero-order chi connectivity index (χ0) is 23.7. The third kappa shape index (κ3) is 4.46. The number of nitrogens with zero attached hydrogens (tertiary/aromatic N) is 4. The number of carbonyl (C=O) groups excluding carboxylic acids is 2. The first-order valence-electron chi connectivity index (χ1n) is 11.3. The third-order valence-electron chi connectivity index (χ3n) is 6.65. The number of piperazine rings is 1. The fourth-order valence-corrected chi connectivity index (χ4v) is 4.82. The molecule has 0 bridgehead atoms. The first-order chi connectivity index (χ1) is 15.8. The molecular formula is C24H30F2N4O3. The fraction of sp³-hybridized carbons (Fsp3) is 0.500. The number of halogens is 2. The molecule has 2 amide bonds. The van der Waals surface area contributed by atoms with Gasteiger partial charge in [-0.15, -0.1) is 0 Å². The molecule has 9 heteroatoms. The Morgan fingerprint density at radius 3 is 2.09 bits per heavy atom. The van der Waals surface area contributed by atoms with E-state index in [-0.39, 0.29) is 23.9 Å². The highest BCUT2D eigenvalue weighted by Gasteiger charge is 2.31. The van der Waals surface area contributed by atoms with Crippen LogP contribution in [0.2, 0.25) is 0 Å². The molecule has 0 unspecified atom stereocenters. The van der Waals surface area contributed by atoms with Gasteiger partial charge in [-0.2, -0.15) is 0 Å². The molecular weight excluding hydrogens is 430 g/mol. The molecule has 2 fully saturated rings. The first-order valence-corrected chi connectivity index (χ1v) is 11.3.